The van der Waals surface area contributed by atoms with Gasteiger partial charge >= 0.3 is 0 Å². The summed E-state index contributed by atoms with van der Waals surface area (Å²) in [5, 5.41) is 13.0. The van der Waals surface area contributed by atoms with E-state index in [1.165, 1.54) is 0 Å². The lowest BCUT2D eigenvalue weighted by molar-refractivity contribution is 0.109. The second kappa shape index (κ2) is 5.81. The first kappa shape index (κ1) is 13.5. The van der Waals surface area contributed by atoms with Crippen molar-refractivity contribution >= 4 is 0 Å². The molecule has 0 aliphatic heterocycles. The van der Waals surface area contributed by atoms with Crippen LogP contribution in [0.4, 0.5) is 0 Å². The predicted molar refractivity (Wildman–Crippen MR) is 68.5 cm³/mol. The van der Waals surface area contributed by atoms with Crippen LogP contribution in [0.5, 0.6) is 5.75 Å². The van der Waals surface area contributed by atoms with Gasteiger partial charge in [0.2, 0.25) is 5.89 Å². The Bertz CT molecular complexity index is 524. The van der Waals surface area contributed by atoms with E-state index in [1.54, 1.807) is 19.2 Å². The van der Waals surface area contributed by atoms with E-state index in [0.717, 1.165) is 5.56 Å². The van der Waals surface area contributed by atoms with E-state index in [2.05, 4.69) is 10.1 Å². The molecule has 1 aromatic carbocycles. The number of nitrogens with two attached hydrogens (primary N) is 1. The average molecular weight is 263 g/mol. The monoisotopic (exact) mass is 263 g/mol. The summed E-state index contributed by atoms with van der Waals surface area (Å²) in [6.07, 6.45) is 0.335. The Morgan fingerprint density at radius 2 is 2.05 bits per heavy atom. The molecule has 2 unspecified atom stereocenters. The first-order valence-electron chi connectivity index (χ1n) is 6.00. The zero-order valence-electron chi connectivity index (χ0n) is 10.9. The predicted octanol–water partition coefficient (Wildman–Crippen LogP) is 1.73. The first-order chi connectivity index (χ1) is 9.10. The molecule has 0 aliphatic rings. The number of nitrogens with zero attached hydrogens (tertiary/aromatic N) is 2. The van der Waals surface area contributed by atoms with Gasteiger partial charge in [-0.25, -0.2) is 0 Å². The van der Waals surface area contributed by atoms with Crippen molar-refractivity contribution in [1.82, 2.24) is 10.1 Å². The molecule has 19 heavy (non-hydrogen) atoms. The van der Waals surface area contributed by atoms with Gasteiger partial charge in [-0.05, 0) is 31.0 Å². The second-order valence-electron chi connectivity index (χ2n) is 4.35. The summed E-state index contributed by atoms with van der Waals surface area (Å²) in [5.41, 5.74) is 7.01. The number of methoxy groups -OCH3 is 1. The van der Waals surface area contributed by atoms with Crippen molar-refractivity contribution < 1.29 is 14.4 Å². The minimum absolute atomic E-state index is 0.224. The maximum atomic E-state index is 9.21. The number of benzene rings is 1. The van der Waals surface area contributed by atoms with E-state index >= 15 is 0 Å². The molecular formula is C13H17N3O3. The summed E-state index contributed by atoms with van der Waals surface area (Å²) in [4.78, 5) is 4.22. The Balaban J connectivity index is 2.05. The Hall–Kier alpha value is -1.92. The minimum atomic E-state index is -0.380. The van der Waals surface area contributed by atoms with Crippen LogP contribution in [0, 0.1) is 0 Å². The number of hydrogen-bond acceptors (Lipinski definition) is 6. The van der Waals surface area contributed by atoms with Crippen LogP contribution in [0.1, 0.15) is 36.3 Å². The summed E-state index contributed by atoms with van der Waals surface area (Å²) in [6, 6.07) is 6.48. The molecular weight excluding hydrogens is 246 g/mol. The number of rotatable bonds is 5. The molecule has 0 fully saturated rings. The molecule has 0 aliphatic carbocycles. The molecule has 0 amide bonds. The van der Waals surface area contributed by atoms with E-state index in [9.17, 15) is 5.11 Å². The summed E-state index contributed by atoms with van der Waals surface area (Å²) in [5.74, 6) is 1.09. The second-order valence-corrected chi connectivity index (χ2v) is 4.35. The molecule has 1 heterocycles. The Morgan fingerprint density at radius 3 is 2.68 bits per heavy atom. The van der Waals surface area contributed by atoms with Gasteiger partial charge in [0.15, 0.2) is 5.82 Å². The first-order valence-corrected chi connectivity index (χ1v) is 6.00. The third kappa shape index (κ3) is 3.30. The lowest BCUT2D eigenvalue weighted by Crippen LogP contribution is -2.14. The number of ether oxygens (including phenoxy) is 1. The normalized spacial score (nSPS) is 14.3. The highest BCUT2D eigenvalue weighted by Crippen LogP contribution is 2.19. The lowest BCUT2D eigenvalue weighted by atomic mass is 10.1. The van der Waals surface area contributed by atoms with Crippen molar-refractivity contribution in [3.63, 3.8) is 0 Å². The Morgan fingerprint density at radius 1 is 1.37 bits per heavy atom. The zero-order chi connectivity index (χ0) is 13.8. The number of hydrogen-bond donors (Lipinski definition) is 2. The number of aromatic nitrogens is 2. The lowest BCUT2D eigenvalue weighted by Gasteiger charge is -2.06. The SMILES string of the molecule is COC(C)c1noc(C(N)Cc2ccc(O)cc2)n1. The van der Waals surface area contributed by atoms with Crippen LogP contribution in [-0.4, -0.2) is 22.4 Å². The molecule has 0 spiro atoms. The van der Waals surface area contributed by atoms with E-state index in [1.807, 2.05) is 19.1 Å². The minimum Gasteiger partial charge on any atom is -0.508 e. The summed E-state index contributed by atoms with van der Waals surface area (Å²) in [6.45, 7) is 1.83. The summed E-state index contributed by atoms with van der Waals surface area (Å²) >= 11 is 0. The van der Waals surface area contributed by atoms with Crippen LogP contribution in [0.2, 0.25) is 0 Å². The van der Waals surface area contributed by atoms with Crippen LogP contribution in [0.25, 0.3) is 0 Å². The number of aromatic hydroxyl groups is 1. The van der Waals surface area contributed by atoms with Gasteiger partial charge in [-0.3, -0.25) is 0 Å². The van der Waals surface area contributed by atoms with Crippen molar-refractivity contribution in [2.24, 2.45) is 5.73 Å². The maximum absolute atomic E-state index is 9.21. The van der Waals surface area contributed by atoms with Gasteiger partial charge in [0, 0.05) is 7.11 Å². The highest BCUT2D eigenvalue weighted by Gasteiger charge is 2.18. The largest absolute Gasteiger partial charge is 0.508 e. The molecule has 3 N–H and O–H groups in total. The molecule has 6 heteroatoms. The molecule has 0 bridgehead atoms. The third-order valence-electron chi connectivity index (χ3n) is 2.88. The molecule has 1 aromatic heterocycles. The van der Waals surface area contributed by atoms with E-state index < -0.39 is 0 Å². The number of phenols is 1. The van der Waals surface area contributed by atoms with E-state index in [0.29, 0.717) is 18.1 Å². The van der Waals surface area contributed by atoms with Gasteiger partial charge in [0.05, 0.1) is 6.04 Å². The maximum Gasteiger partial charge on any atom is 0.243 e. The smallest absolute Gasteiger partial charge is 0.243 e. The van der Waals surface area contributed by atoms with E-state index in [-0.39, 0.29) is 17.9 Å². The molecule has 2 atom stereocenters. The highest BCUT2D eigenvalue weighted by molar-refractivity contribution is 5.26. The molecule has 0 saturated carbocycles. The van der Waals surface area contributed by atoms with Crippen molar-refractivity contribution in [2.75, 3.05) is 7.11 Å². The Kier molecular flexibility index (Phi) is 4.13. The van der Waals surface area contributed by atoms with Gasteiger partial charge in [-0.15, -0.1) is 0 Å². The molecule has 102 valence electrons. The molecule has 2 aromatic rings. The van der Waals surface area contributed by atoms with Crippen LogP contribution in [0.3, 0.4) is 0 Å². The molecule has 2 rings (SSSR count). The number of phenolic OH excluding ortho intramolecular Hbond substituents is 1. The average Bonchev–Trinajstić information content (AvgIpc) is 2.90. The van der Waals surface area contributed by atoms with Gasteiger partial charge in [0.25, 0.3) is 0 Å². The third-order valence-corrected chi connectivity index (χ3v) is 2.88. The van der Waals surface area contributed by atoms with Crippen molar-refractivity contribution in [2.45, 2.75) is 25.5 Å². The van der Waals surface area contributed by atoms with Crippen molar-refractivity contribution in [1.29, 1.82) is 0 Å². The van der Waals surface area contributed by atoms with Crippen molar-refractivity contribution in [3.8, 4) is 5.75 Å². The fourth-order valence-electron chi connectivity index (χ4n) is 1.64. The van der Waals surface area contributed by atoms with Gasteiger partial charge < -0.3 is 20.1 Å². The molecule has 6 nitrogen and oxygen atoms in total. The highest BCUT2D eigenvalue weighted by atomic mass is 16.5. The molecule has 0 radical (unpaired) electrons. The van der Waals surface area contributed by atoms with Gasteiger partial charge in [-0.1, -0.05) is 17.3 Å². The fourth-order valence-corrected chi connectivity index (χ4v) is 1.64. The van der Waals surface area contributed by atoms with Gasteiger partial charge in [0.1, 0.15) is 11.9 Å². The van der Waals surface area contributed by atoms with Crippen molar-refractivity contribution in [3.05, 3.63) is 41.5 Å². The summed E-state index contributed by atoms with van der Waals surface area (Å²) < 4.78 is 10.2. The zero-order valence-corrected chi connectivity index (χ0v) is 10.9. The topological polar surface area (TPSA) is 94.4 Å². The Labute approximate surface area is 111 Å². The summed E-state index contributed by atoms with van der Waals surface area (Å²) in [7, 11) is 1.58. The van der Waals surface area contributed by atoms with E-state index in [4.69, 9.17) is 15.0 Å². The molecule has 0 saturated heterocycles. The fraction of sp³-hybridized carbons (Fsp3) is 0.385. The quantitative estimate of drug-likeness (QED) is 0.853. The van der Waals surface area contributed by atoms with Crippen LogP contribution >= 0.6 is 0 Å². The van der Waals surface area contributed by atoms with Gasteiger partial charge in [-0.2, -0.15) is 4.98 Å². The van der Waals surface area contributed by atoms with Crippen LogP contribution in [-0.2, 0) is 11.2 Å². The standard InChI is InChI=1S/C13H17N3O3/c1-8(18-2)12-15-13(19-16-12)11(14)7-9-3-5-10(17)6-4-9/h3-6,8,11,17H,7,14H2,1-2H3. The van der Waals surface area contributed by atoms with Crippen LogP contribution < -0.4 is 5.73 Å². The van der Waals surface area contributed by atoms with Crippen LogP contribution in [0.15, 0.2) is 28.8 Å².